The molecule has 1 heterocycles. The number of aromatic nitrogens is 1. The normalized spacial score (nSPS) is 9.46. The van der Waals surface area contributed by atoms with Gasteiger partial charge in [-0.25, -0.2) is 0 Å². The first-order valence-electron chi connectivity index (χ1n) is 4.70. The average molecular weight is 174 g/mol. The SMILES string of the molecule is N#CCCCCCc1ccccn1. The van der Waals surface area contributed by atoms with E-state index in [1.54, 1.807) is 0 Å². The molecule has 2 heteroatoms. The van der Waals surface area contributed by atoms with Crippen LogP contribution < -0.4 is 0 Å². The Hall–Kier alpha value is -1.36. The van der Waals surface area contributed by atoms with Crippen LogP contribution in [0.2, 0.25) is 0 Å². The second kappa shape index (κ2) is 6.19. The van der Waals surface area contributed by atoms with Gasteiger partial charge in [-0.3, -0.25) is 4.98 Å². The van der Waals surface area contributed by atoms with Gasteiger partial charge in [0.15, 0.2) is 0 Å². The van der Waals surface area contributed by atoms with Crippen molar-refractivity contribution in [1.29, 1.82) is 5.26 Å². The first kappa shape index (κ1) is 9.73. The largest absolute Gasteiger partial charge is 0.261 e. The number of pyridine rings is 1. The quantitative estimate of drug-likeness (QED) is 0.643. The highest BCUT2D eigenvalue weighted by Gasteiger charge is 1.92. The molecule has 0 aliphatic heterocycles. The summed E-state index contributed by atoms with van der Waals surface area (Å²) in [5.74, 6) is 0. The Bertz CT molecular complexity index is 261. The maximum Gasteiger partial charge on any atom is 0.0621 e. The van der Waals surface area contributed by atoms with E-state index in [1.807, 2.05) is 24.4 Å². The van der Waals surface area contributed by atoms with Crippen molar-refractivity contribution >= 4 is 0 Å². The number of nitriles is 1. The minimum atomic E-state index is 0.683. The Balaban J connectivity index is 2.11. The van der Waals surface area contributed by atoms with Crippen molar-refractivity contribution in [2.75, 3.05) is 0 Å². The molecule has 0 N–H and O–H groups in total. The second-order valence-electron chi connectivity index (χ2n) is 3.04. The van der Waals surface area contributed by atoms with E-state index >= 15 is 0 Å². The van der Waals surface area contributed by atoms with Crippen LogP contribution in [-0.2, 0) is 6.42 Å². The van der Waals surface area contributed by atoms with Gasteiger partial charge in [0, 0.05) is 18.3 Å². The van der Waals surface area contributed by atoms with Gasteiger partial charge in [-0.2, -0.15) is 5.26 Å². The van der Waals surface area contributed by atoms with Gasteiger partial charge in [0.2, 0.25) is 0 Å². The Labute approximate surface area is 79.2 Å². The topological polar surface area (TPSA) is 36.7 Å². The van der Waals surface area contributed by atoms with Crippen molar-refractivity contribution in [3.05, 3.63) is 30.1 Å². The highest BCUT2D eigenvalue weighted by Crippen LogP contribution is 2.04. The minimum absolute atomic E-state index is 0.683. The molecule has 1 rings (SSSR count). The lowest BCUT2D eigenvalue weighted by Gasteiger charge is -1.98. The fraction of sp³-hybridized carbons (Fsp3) is 0.455. The summed E-state index contributed by atoms with van der Waals surface area (Å²) in [5, 5.41) is 8.32. The van der Waals surface area contributed by atoms with Gasteiger partial charge >= 0.3 is 0 Å². The first-order chi connectivity index (χ1) is 6.43. The number of nitrogens with zero attached hydrogens (tertiary/aromatic N) is 2. The third kappa shape index (κ3) is 4.27. The Morgan fingerprint density at radius 2 is 2.15 bits per heavy atom. The first-order valence-corrected chi connectivity index (χ1v) is 4.70. The number of hydrogen-bond donors (Lipinski definition) is 0. The van der Waals surface area contributed by atoms with Crippen LogP contribution in [0.4, 0.5) is 0 Å². The average Bonchev–Trinajstić information content (AvgIpc) is 2.19. The summed E-state index contributed by atoms with van der Waals surface area (Å²) in [6, 6.07) is 8.14. The zero-order valence-electron chi connectivity index (χ0n) is 7.74. The number of rotatable bonds is 5. The molecule has 0 aliphatic carbocycles. The molecule has 0 aromatic carbocycles. The fourth-order valence-electron chi connectivity index (χ4n) is 1.23. The minimum Gasteiger partial charge on any atom is -0.261 e. The molecule has 68 valence electrons. The van der Waals surface area contributed by atoms with Crippen LogP contribution in [0.1, 0.15) is 31.4 Å². The predicted molar refractivity (Wildman–Crippen MR) is 52.0 cm³/mol. The van der Waals surface area contributed by atoms with Gasteiger partial charge in [0.25, 0.3) is 0 Å². The Morgan fingerprint density at radius 3 is 2.85 bits per heavy atom. The number of unbranched alkanes of at least 4 members (excludes halogenated alkanes) is 3. The van der Waals surface area contributed by atoms with E-state index in [1.165, 1.54) is 0 Å². The maximum atomic E-state index is 8.32. The van der Waals surface area contributed by atoms with Crippen LogP contribution in [0.25, 0.3) is 0 Å². The van der Waals surface area contributed by atoms with Crippen molar-refractivity contribution in [3.63, 3.8) is 0 Å². The molecule has 0 radical (unpaired) electrons. The summed E-state index contributed by atoms with van der Waals surface area (Å²) in [5.41, 5.74) is 1.15. The molecular weight excluding hydrogens is 160 g/mol. The summed E-state index contributed by atoms with van der Waals surface area (Å²) < 4.78 is 0. The van der Waals surface area contributed by atoms with E-state index < -0.39 is 0 Å². The zero-order chi connectivity index (χ0) is 9.36. The van der Waals surface area contributed by atoms with Crippen LogP contribution >= 0.6 is 0 Å². The predicted octanol–water partition coefficient (Wildman–Crippen LogP) is 2.71. The van der Waals surface area contributed by atoms with Gasteiger partial charge in [-0.05, 0) is 31.4 Å². The van der Waals surface area contributed by atoms with Crippen LogP contribution in [0.5, 0.6) is 0 Å². The summed E-state index contributed by atoms with van der Waals surface area (Å²) >= 11 is 0. The van der Waals surface area contributed by atoms with E-state index in [-0.39, 0.29) is 0 Å². The van der Waals surface area contributed by atoms with Crippen molar-refractivity contribution in [2.24, 2.45) is 0 Å². The Kier molecular flexibility index (Phi) is 4.63. The highest BCUT2D eigenvalue weighted by atomic mass is 14.7. The van der Waals surface area contributed by atoms with Crippen molar-refractivity contribution < 1.29 is 0 Å². The van der Waals surface area contributed by atoms with Gasteiger partial charge in [-0.1, -0.05) is 12.5 Å². The fourth-order valence-corrected chi connectivity index (χ4v) is 1.23. The van der Waals surface area contributed by atoms with E-state index in [9.17, 15) is 0 Å². The molecule has 0 atom stereocenters. The van der Waals surface area contributed by atoms with Crippen LogP contribution in [0.3, 0.4) is 0 Å². The van der Waals surface area contributed by atoms with Gasteiger partial charge in [0.05, 0.1) is 6.07 Å². The maximum absolute atomic E-state index is 8.32. The summed E-state index contributed by atoms with van der Waals surface area (Å²) in [4.78, 5) is 4.23. The molecule has 0 spiro atoms. The second-order valence-corrected chi connectivity index (χ2v) is 3.04. The van der Waals surface area contributed by atoms with Crippen molar-refractivity contribution in [3.8, 4) is 6.07 Å². The van der Waals surface area contributed by atoms with Gasteiger partial charge in [0.1, 0.15) is 0 Å². The molecule has 0 unspecified atom stereocenters. The van der Waals surface area contributed by atoms with Crippen LogP contribution in [-0.4, -0.2) is 4.98 Å². The zero-order valence-corrected chi connectivity index (χ0v) is 7.74. The van der Waals surface area contributed by atoms with E-state index in [4.69, 9.17) is 5.26 Å². The van der Waals surface area contributed by atoms with Gasteiger partial charge < -0.3 is 0 Å². The summed E-state index contributed by atoms with van der Waals surface area (Å²) in [6.45, 7) is 0. The summed E-state index contributed by atoms with van der Waals surface area (Å²) in [7, 11) is 0. The molecule has 0 saturated heterocycles. The molecule has 13 heavy (non-hydrogen) atoms. The summed E-state index contributed by atoms with van der Waals surface area (Å²) in [6.07, 6.45) is 6.82. The molecule has 1 aromatic heterocycles. The van der Waals surface area contributed by atoms with Crippen molar-refractivity contribution in [1.82, 2.24) is 4.98 Å². The van der Waals surface area contributed by atoms with Crippen LogP contribution in [0.15, 0.2) is 24.4 Å². The molecule has 0 bridgehead atoms. The third-order valence-corrected chi connectivity index (χ3v) is 1.95. The van der Waals surface area contributed by atoms with Crippen molar-refractivity contribution in [2.45, 2.75) is 32.1 Å². The molecule has 0 saturated carbocycles. The highest BCUT2D eigenvalue weighted by molar-refractivity contribution is 5.03. The molecule has 0 amide bonds. The van der Waals surface area contributed by atoms with E-state index in [0.29, 0.717) is 6.42 Å². The smallest absolute Gasteiger partial charge is 0.0621 e. The number of aryl methyl sites for hydroxylation is 1. The van der Waals surface area contributed by atoms with Gasteiger partial charge in [-0.15, -0.1) is 0 Å². The lowest BCUT2D eigenvalue weighted by molar-refractivity contribution is 0.682. The molecule has 0 fully saturated rings. The molecule has 2 nitrogen and oxygen atoms in total. The number of hydrogen-bond acceptors (Lipinski definition) is 2. The Morgan fingerprint density at radius 1 is 1.23 bits per heavy atom. The standard InChI is InChI=1S/C11H14N2/c12-9-5-2-1-3-7-11-8-4-6-10-13-11/h4,6,8,10H,1-3,5,7H2. The van der Waals surface area contributed by atoms with E-state index in [0.717, 1.165) is 31.4 Å². The molecule has 0 aliphatic rings. The lowest BCUT2D eigenvalue weighted by Crippen LogP contribution is -1.88. The van der Waals surface area contributed by atoms with Crippen LogP contribution in [0, 0.1) is 11.3 Å². The molecular formula is C11H14N2. The van der Waals surface area contributed by atoms with E-state index in [2.05, 4.69) is 11.1 Å². The molecule has 1 aromatic rings. The lowest BCUT2D eigenvalue weighted by atomic mass is 10.1. The third-order valence-electron chi connectivity index (χ3n) is 1.95. The monoisotopic (exact) mass is 174 g/mol.